The van der Waals surface area contributed by atoms with Gasteiger partial charge in [-0.3, -0.25) is 14.6 Å². The number of carbonyl (C=O) groups excluding carboxylic acids is 2. The number of hydrogen-bond donors (Lipinski definition) is 0. The Labute approximate surface area is 141 Å². The highest BCUT2D eigenvalue weighted by Gasteiger charge is 2.26. The predicted molar refractivity (Wildman–Crippen MR) is 92.0 cm³/mol. The topological polar surface area (TPSA) is 53.5 Å². The molecule has 1 saturated heterocycles. The molecule has 0 saturated carbocycles. The average molecular weight is 323 g/mol. The van der Waals surface area contributed by atoms with Crippen LogP contribution >= 0.6 is 0 Å². The fraction of sp³-hybridized carbons (Fsp3) is 0.316. The molecule has 0 N–H and O–H groups in total. The molecule has 2 aromatic rings. The molecule has 1 aromatic carbocycles. The smallest absolute Gasteiger partial charge is 0.255 e. The highest BCUT2D eigenvalue weighted by atomic mass is 16.2. The van der Waals surface area contributed by atoms with Crippen LogP contribution < -0.4 is 0 Å². The molecule has 2 amide bonds. The molecule has 24 heavy (non-hydrogen) atoms. The van der Waals surface area contributed by atoms with Gasteiger partial charge in [-0.05, 0) is 37.6 Å². The van der Waals surface area contributed by atoms with Crippen LogP contribution in [0, 0.1) is 13.8 Å². The Morgan fingerprint density at radius 3 is 2.25 bits per heavy atom. The molecule has 0 unspecified atom stereocenters. The van der Waals surface area contributed by atoms with Crippen molar-refractivity contribution >= 4 is 11.8 Å². The second-order valence-corrected chi connectivity index (χ2v) is 6.14. The van der Waals surface area contributed by atoms with Crippen LogP contribution in [0.5, 0.6) is 0 Å². The van der Waals surface area contributed by atoms with E-state index < -0.39 is 0 Å². The van der Waals surface area contributed by atoms with Gasteiger partial charge in [-0.1, -0.05) is 17.7 Å². The number of aromatic nitrogens is 1. The van der Waals surface area contributed by atoms with Crippen LogP contribution in [-0.2, 0) is 0 Å². The van der Waals surface area contributed by atoms with E-state index in [0.29, 0.717) is 31.7 Å². The Balaban J connectivity index is 1.66. The van der Waals surface area contributed by atoms with Crippen molar-refractivity contribution in [3.05, 3.63) is 65.0 Å². The summed E-state index contributed by atoms with van der Waals surface area (Å²) in [5.41, 5.74) is 3.41. The number of nitrogens with zero attached hydrogens (tertiary/aromatic N) is 3. The molecule has 0 radical (unpaired) electrons. The van der Waals surface area contributed by atoms with Crippen LogP contribution in [0.25, 0.3) is 0 Å². The van der Waals surface area contributed by atoms with Gasteiger partial charge >= 0.3 is 0 Å². The van der Waals surface area contributed by atoms with Crippen LogP contribution in [0.2, 0.25) is 0 Å². The number of benzene rings is 1. The number of amides is 2. The summed E-state index contributed by atoms with van der Waals surface area (Å²) in [6, 6.07) is 9.45. The summed E-state index contributed by atoms with van der Waals surface area (Å²) >= 11 is 0. The van der Waals surface area contributed by atoms with E-state index in [4.69, 9.17) is 0 Å². The summed E-state index contributed by atoms with van der Waals surface area (Å²) in [6.45, 7) is 6.14. The van der Waals surface area contributed by atoms with Crippen LogP contribution in [0.3, 0.4) is 0 Å². The van der Waals surface area contributed by atoms with Crippen molar-refractivity contribution in [2.75, 3.05) is 26.2 Å². The van der Waals surface area contributed by atoms with E-state index in [1.807, 2.05) is 36.9 Å². The van der Waals surface area contributed by atoms with E-state index in [-0.39, 0.29) is 11.8 Å². The molecule has 1 aliphatic heterocycles. The van der Waals surface area contributed by atoms with E-state index in [2.05, 4.69) is 4.98 Å². The molecule has 2 heterocycles. The molecule has 124 valence electrons. The molecule has 0 aliphatic carbocycles. The zero-order chi connectivity index (χ0) is 17.1. The fourth-order valence-corrected chi connectivity index (χ4v) is 2.92. The van der Waals surface area contributed by atoms with Crippen molar-refractivity contribution in [2.45, 2.75) is 13.8 Å². The molecule has 0 bridgehead atoms. The Bertz CT molecular complexity index is 750. The molecule has 0 spiro atoms. The summed E-state index contributed by atoms with van der Waals surface area (Å²) in [5.74, 6) is 0.0200. The summed E-state index contributed by atoms with van der Waals surface area (Å²) in [5, 5.41) is 0. The molecule has 1 aromatic heterocycles. The molecular weight excluding hydrogens is 302 g/mol. The van der Waals surface area contributed by atoms with E-state index in [0.717, 1.165) is 16.7 Å². The molecule has 0 atom stereocenters. The van der Waals surface area contributed by atoms with E-state index in [9.17, 15) is 9.59 Å². The number of pyridine rings is 1. The van der Waals surface area contributed by atoms with Crippen molar-refractivity contribution in [1.82, 2.24) is 14.8 Å². The molecular formula is C19H21N3O2. The first kappa shape index (κ1) is 16.2. The van der Waals surface area contributed by atoms with Gasteiger partial charge in [0.05, 0.1) is 5.56 Å². The van der Waals surface area contributed by atoms with Crippen LogP contribution in [0.1, 0.15) is 31.8 Å². The van der Waals surface area contributed by atoms with E-state index in [1.165, 1.54) is 0 Å². The highest BCUT2D eigenvalue weighted by molar-refractivity contribution is 5.96. The van der Waals surface area contributed by atoms with Gasteiger partial charge in [0.2, 0.25) is 0 Å². The zero-order valence-electron chi connectivity index (χ0n) is 14.0. The lowest BCUT2D eigenvalue weighted by Gasteiger charge is -2.35. The van der Waals surface area contributed by atoms with Crippen molar-refractivity contribution in [1.29, 1.82) is 0 Å². The lowest BCUT2D eigenvalue weighted by molar-refractivity contribution is 0.0534. The van der Waals surface area contributed by atoms with Gasteiger partial charge in [0.1, 0.15) is 0 Å². The quantitative estimate of drug-likeness (QED) is 0.852. The standard InChI is InChI=1S/C19H21N3O2/c1-14-5-6-15(2)17(12-14)19(24)22-10-8-21(9-11-22)18(23)16-4-3-7-20-13-16/h3-7,12-13H,8-11H2,1-2H3. The Morgan fingerprint density at radius 2 is 1.62 bits per heavy atom. The van der Waals surface area contributed by atoms with Crippen LogP contribution in [0.4, 0.5) is 0 Å². The van der Waals surface area contributed by atoms with Gasteiger partial charge in [-0.2, -0.15) is 0 Å². The van der Waals surface area contributed by atoms with E-state index >= 15 is 0 Å². The van der Waals surface area contributed by atoms with Gasteiger partial charge in [-0.15, -0.1) is 0 Å². The molecule has 5 heteroatoms. The largest absolute Gasteiger partial charge is 0.335 e. The number of rotatable bonds is 2. The van der Waals surface area contributed by atoms with Gasteiger partial charge in [0.15, 0.2) is 0 Å². The minimum absolute atomic E-state index is 0.0260. The first-order valence-electron chi connectivity index (χ1n) is 8.12. The maximum Gasteiger partial charge on any atom is 0.255 e. The Morgan fingerprint density at radius 1 is 0.958 bits per heavy atom. The third kappa shape index (κ3) is 3.30. The summed E-state index contributed by atoms with van der Waals surface area (Å²) in [6.07, 6.45) is 3.23. The first-order chi connectivity index (χ1) is 11.6. The fourth-order valence-electron chi connectivity index (χ4n) is 2.92. The lowest BCUT2D eigenvalue weighted by atomic mass is 10.0. The first-order valence-corrected chi connectivity index (χ1v) is 8.12. The monoisotopic (exact) mass is 323 g/mol. The van der Waals surface area contributed by atoms with Crippen molar-refractivity contribution < 1.29 is 9.59 Å². The van der Waals surface area contributed by atoms with Gasteiger partial charge < -0.3 is 9.80 Å². The van der Waals surface area contributed by atoms with Crippen molar-refractivity contribution in [3.8, 4) is 0 Å². The number of piperazine rings is 1. The Hall–Kier alpha value is -2.69. The number of hydrogen-bond acceptors (Lipinski definition) is 3. The van der Waals surface area contributed by atoms with Gasteiger partial charge in [0, 0.05) is 44.1 Å². The molecule has 5 nitrogen and oxygen atoms in total. The predicted octanol–water partition coefficient (Wildman–Crippen LogP) is 2.30. The van der Waals surface area contributed by atoms with E-state index in [1.54, 1.807) is 29.4 Å². The normalized spacial score (nSPS) is 14.6. The lowest BCUT2D eigenvalue weighted by Crippen LogP contribution is -2.50. The summed E-state index contributed by atoms with van der Waals surface area (Å²) < 4.78 is 0. The minimum Gasteiger partial charge on any atom is -0.335 e. The zero-order valence-corrected chi connectivity index (χ0v) is 14.0. The second kappa shape index (κ2) is 6.83. The Kier molecular flexibility index (Phi) is 4.60. The number of carbonyl (C=O) groups is 2. The highest BCUT2D eigenvalue weighted by Crippen LogP contribution is 2.16. The SMILES string of the molecule is Cc1ccc(C)c(C(=O)N2CCN(C(=O)c3cccnc3)CC2)c1. The van der Waals surface area contributed by atoms with Crippen LogP contribution in [0.15, 0.2) is 42.7 Å². The van der Waals surface area contributed by atoms with Crippen molar-refractivity contribution in [3.63, 3.8) is 0 Å². The average Bonchev–Trinajstić information content (AvgIpc) is 2.63. The maximum atomic E-state index is 12.7. The maximum absolute atomic E-state index is 12.7. The molecule has 1 aliphatic rings. The van der Waals surface area contributed by atoms with Crippen LogP contribution in [-0.4, -0.2) is 52.8 Å². The summed E-state index contributed by atoms with van der Waals surface area (Å²) in [7, 11) is 0. The van der Waals surface area contributed by atoms with Crippen molar-refractivity contribution in [2.24, 2.45) is 0 Å². The third-order valence-electron chi connectivity index (χ3n) is 4.39. The van der Waals surface area contributed by atoms with Gasteiger partial charge in [0.25, 0.3) is 11.8 Å². The summed E-state index contributed by atoms with van der Waals surface area (Å²) in [4.78, 5) is 32.8. The van der Waals surface area contributed by atoms with Gasteiger partial charge in [-0.25, -0.2) is 0 Å². The molecule has 1 fully saturated rings. The molecule has 3 rings (SSSR count). The third-order valence-corrected chi connectivity index (χ3v) is 4.39. The second-order valence-electron chi connectivity index (χ2n) is 6.14. The minimum atomic E-state index is -0.0260. The number of aryl methyl sites for hydroxylation is 2.